The zero-order chi connectivity index (χ0) is 18.3. The van der Waals surface area contributed by atoms with Crippen LogP contribution in [0.25, 0.3) is 0 Å². The summed E-state index contributed by atoms with van der Waals surface area (Å²) in [5, 5.41) is 0. The maximum atomic E-state index is 3.49. The molecule has 0 aliphatic heterocycles. The lowest BCUT2D eigenvalue weighted by molar-refractivity contribution is 0.389. The summed E-state index contributed by atoms with van der Waals surface area (Å²) in [5.74, 6) is 0. The highest BCUT2D eigenvalue weighted by molar-refractivity contribution is 4.50. The largest absolute Gasteiger partial charge is 0.309 e. The molecule has 0 N–H and O–H groups in total. The van der Waals surface area contributed by atoms with E-state index in [4.69, 9.17) is 0 Å². The van der Waals surface area contributed by atoms with Crippen molar-refractivity contribution in [2.24, 2.45) is 0 Å². The Labute approximate surface area is 156 Å². The first-order valence-electron chi connectivity index (χ1n) is 11.1. The quantitative estimate of drug-likeness (QED) is 0.242. The molecule has 0 fully saturated rings. The van der Waals surface area contributed by atoms with Crippen molar-refractivity contribution in [3.63, 3.8) is 0 Å². The van der Waals surface area contributed by atoms with Crippen LogP contribution in [-0.4, -0.2) is 25.5 Å². The van der Waals surface area contributed by atoms with Gasteiger partial charge < -0.3 is 4.90 Å². The van der Waals surface area contributed by atoms with E-state index in [1.54, 1.807) is 0 Å². The molecule has 0 aliphatic rings. The van der Waals surface area contributed by atoms with Gasteiger partial charge in [0.05, 0.1) is 0 Å². The molecule has 1 heteroatoms. The summed E-state index contributed by atoms with van der Waals surface area (Å²) < 4.78 is 0. The molecule has 0 unspecified atom stereocenters. The fourth-order valence-electron chi connectivity index (χ4n) is 2.98. The van der Waals surface area contributed by atoms with Crippen LogP contribution in [0.2, 0.25) is 0 Å². The van der Waals surface area contributed by atoms with E-state index in [1.165, 1.54) is 109 Å². The predicted octanol–water partition coefficient (Wildman–Crippen LogP) is 8.04. The van der Waals surface area contributed by atoms with Gasteiger partial charge in [-0.25, -0.2) is 0 Å². The van der Waals surface area contributed by atoms with Crippen molar-refractivity contribution in [3.05, 3.63) is 6.92 Å². The summed E-state index contributed by atoms with van der Waals surface area (Å²) in [6.45, 7) is 9.06. The number of nitrogens with zero attached hydrogens (tertiary/aromatic N) is 1. The first-order chi connectivity index (χ1) is 11.7. The molecule has 0 bridgehead atoms. The first-order valence-corrected chi connectivity index (χ1v) is 11.1. The van der Waals surface area contributed by atoms with Crippen LogP contribution >= 0.6 is 0 Å². The maximum Gasteiger partial charge on any atom is -0.00248 e. The van der Waals surface area contributed by atoms with Crippen LogP contribution in [0.3, 0.4) is 0 Å². The fourth-order valence-corrected chi connectivity index (χ4v) is 2.98. The topological polar surface area (TPSA) is 3.24 Å². The Bertz CT molecular complexity index is 188. The lowest BCUT2D eigenvalue weighted by atomic mass is 10.0. The third-order valence-corrected chi connectivity index (χ3v) is 4.46. The fraction of sp³-hybridized carbons (Fsp3) is 0.957. The summed E-state index contributed by atoms with van der Waals surface area (Å²) in [6.07, 6.45) is 24.3. The molecule has 147 valence electrons. The lowest BCUT2D eigenvalue weighted by Gasteiger charge is -2.08. The highest BCUT2D eigenvalue weighted by atomic mass is 15.0. The molecule has 0 rings (SSSR count). The van der Waals surface area contributed by atoms with E-state index in [1.807, 2.05) is 6.92 Å². The molecule has 0 saturated carbocycles. The molecule has 0 atom stereocenters. The van der Waals surface area contributed by atoms with Crippen molar-refractivity contribution in [2.45, 2.75) is 123 Å². The zero-order valence-corrected chi connectivity index (χ0v) is 17.9. The number of hydrogen-bond acceptors (Lipinski definition) is 1. The monoisotopic (exact) mass is 340 g/mol. The second-order valence-electron chi connectivity index (χ2n) is 7.61. The number of hydrogen-bond donors (Lipinski definition) is 0. The molecule has 0 aromatic rings. The van der Waals surface area contributed by atoms with Crippen LogP contribution in [0.1, 0.15) is 123 Å². The lowest BCUT2D eigenvalue weighted by Crippen LogP contribution is -2.12. The SMILES string of the molecule is CCCCCCCCCCCCCCCCCCN(C)C.[CH2]CC. The second-order valence-corrected chi connectivity index (χ2v) is 7.61. The van der Waals surface area contributed by atoms with Gasteiger partial charge in [0.25, 0.3) is 0 Å². The van der Waals surface area contributed by atoms with Crippen molar-refractivity contribution < 1.29 is 0 Å². The van der Waals surface area contributed by atoms with E-state index in [2.05, 4.69) is 32.8 Å². The number of rotatable bonds is 17. The Balaban J connectivity index is 0. The van der Waals surface area contributed by atoms with E-state index < -0.39 is 0 Å². The van der Waals surface area contributed by atoms with Gasteiger partial charge in [-0.1, -0.05) is 124 Å². The standard InChI is InChI=1S/C20H43N.C3H7/c1-4-5-6-7-8-9-10-11-12-13-14-15-16-17-18-19-20-21(2)3;1-3-2/h4-20H2,1-3H3;1,3H2,2H3. The summed E-state index contributed by atoms with van der Waals surface area (Å²) in [7, 11) is 4.34. The van der Waals surface area contributed by atoms with Gasteiger partial charge in [-0.05, 0) is 27.1 Å². The van der Waals surface area contributed by atoms with Gasteiger partial charge in [-0.3, -0.25) is 0 Å². The summed E-state index contributed by atoms with van der Waals surface area (Å²) in [5.41, 5.74) is 0. The third kappa shape index (κ3) is 29.9. The minimum atomic E-state index is 1.00. The van der Waals surface area contributed by atoms with E-state index in [0.717, 1.165) is 6.42 Å². The van der Waals surface area contributed by atoms with E-state index in [-0.39, 0.29) is 0 Å². The van der Waals surface area contributed by atoms with Gasteiger partial charge >= 0.3 is 0 Å². The molecule has 0 aliphatic carbocycles. The van der Waals surface area contributed by atoms with E-state index >= 15 is 0 Å². The van der Waals surface area contributed by atoms with Crippen molar-refractivity contribution in [2.75, 3.05) is 20.6 Å². The third-order valence-electron chi connectivity index (χ3n) is 4.46. The van der Waals surface area contributed by atoms with Crippen molar-refractivity contribution in [1.82, 2.24) is 4.90 Å². The van der Waals surface area contributed by atoms with Crippen LogP contribution in [0, 0.1) is 6.92 Å². The van der Waals surface area contributed by atoms with Gasteiger partial charge in [0.15, 0.2) is 0 Å². The minimum absolute atomic E-state index is 1.00. The van der Waals surface area contributed by atoms with Crippen LogP contribution in [0.5, 0.6) is 0 Å². The summed E-state index contributed by atoms with van der Waals surface area (Å²) in [6, 6.07) is 0. The summed E-state index contributed by atoms with van der Waals surface area (Å²) in [4.78, 5) is 2.30. The Morgan fingerprint density at radius 2 is 0.750 bits per heavy atom. The van der Waals surface area contributed by atoms with E-state index in [0.29, 0.717) is 0 Å². The average molecular weight is 341 g/mol. The van der Waals surface area contributed by atoms with E-state index in [9.17, 15) is 0 Å². The van der Waals surface area contributed by atoms with Crippen LogP contribution in [-0.2, 0) is 0 Å². The second kappa shape index (κ2) is 25.2. The molecule has 0 saturated heterocycles. The van der Waals surface area contributed by atoms with Crippen molar-refractivity contribution >= 4 is 0 Å². The molecular formula is C23H50N. The van der Waals surface area contributed by atoms with Crippen LogP contribution < -0.4 is 0 Å². The van der Waals surface area contributed by atoms with Gasteiger partial charge in [-0.2, -0.15) is 0 Å². The summed E-state index contributed by atoms with van der Waals surface area (Å²) >= 11 is 0. The molecule has 24 heavy (non-hydrogen) atoms. The molecule has 1 radical (unpaired) electrons. The predicted molar refractivity (Wildman–Crippen MR) is 114 cm³/mol. The number of unbranched alkanes of at least 4 members (excludes halogenated alkanes) is 15. The van der Waals surface area contributed by atoms with Crippen LogP contribution in [0.4, 0.5) is 0 Å². The Hall–Kier alpha value is -0.0400. The van der Waals surface area contributed by atoms with Gasteiger partial charge in [0, 0.05) is 0 Å². The molecule has 0 aromatic carbocycles. The Kier molecular flexibility index (Phi) is 27.5. The smallest absolute Gasteiger partial charge is 0.00248 e. The molecule has 0 amide bonds. The highest BCUT2D eigenvalue weighted by Gasteiger charge is 1.95. The van der Waals surface area contributed by atoms with Crippen molar-refractivity contribution in [1.29, 1.82) is 0 Å². The first kappa shape index (κ1) is 26.2. The molecule has 0 heterocycles. The van der Waals surface area contributed by atoms with Gasteiger partial charge in [0.2, 0.25) is 0 Å². The molecular weight excluding hydrogens is 290 g/mol. The Morgan fingerprint density at radius 1 is 0.500 bits per heavy atom. The zero-order valence-electron chi connectivity index (χ0n) is 17.9. The molecule has 1 nitrogen and oxygen atoms in total. The molecule has 0 aromatic heterocycles. The minimum Gasteiger partial charge on any atom is -0.309 e. The Morgan fingerprint density at radius 3 is 1.00 bits per heavy atom. The average Bonchev–Trinajstić information content (AvgIpc) is 2.55. The maximum absolute atomic E-state index is 3.49. The normalized spacial score (nSPS) is 10.8. The highest BCUT2D eigenvalue weighted by Crippen LogP contribution is 2.13. The van der Waals surface area contributed by atoms with Gasteiger partial charge in [0.1, 0.15) is 0 Å². The van der Waals surface area contributed by atoms with Gasteiger partial charge in [-0.15, -0.1) is 0 Å². The van der Waals surface area contributed by atoms with Crippen molar-refractivity contribution in [3.8, 4) is 0 Å². The van der Waals surface area contributed by atoms with Crippen LogP contribution in [0.15, 0.2) is 0 Å². The molecule has 0 spiro atoms.